The second-order valence-corrected chi connectivity index (χ2v) is 14.8. The minimum absolute atomic E-state index is 0.0403. The van der Waals surface area contributed by atoms with Crippen LogP contribution in [0.3, 0.4) is 0 Å². The Labute approximate surface area is 329 Å². The molecule has 2 aliphatic rings. The van der Waals surface area contributed by atoms with Crippen LogP contribution in [-0.4, -0.2) is 93.1 Å². The van der Waals surface area contributed by atoms with Crippen LogP contribution in [-0.2, 0) is 22.6 Å². The molecular weight excluding hydrogens is 741 g/mol. The lowest BCUT2D eigenvalue weighted by atomic mass is 9.98. The Morgan fingerprint density at radius 3 is 2.20 bits per heavy atom. The molecule has 0 unspecified atom stereocenters. The van der Waals surface area contributed by atoms with Gasteiger partial charge in [-0.1, -0.05) is 59.6 Å². The van der Waals surface area contributed by atoms with Gasteiger partial charge in [-0.2, -0.15) is 0 Å². The molecule has 2 fully saturated rings. The van der Waals surface area contributed by atoms with E-state index in [4.69, 9.17) is 37.9 Å². The Hall–Kier alpha value is -5.17. The number of aromatic amines is 1. The number of aromatic nitrogens is 3. The molecule has 2 aliphatic heterocycles. The van der Waals surface area contributed by atoms with Crippen molar-refractivity contribution in [3.05, 3.63) is 88.0 Å². The van der Waals surface area contributed by atoms with Crippen LogP contribution in [0.1, 0.15) is 43.7 Å². The van der Waals surface area contributed by atoms with E-state index < -0.39 is 6.09 Å². The minimum Gasteiger partial charge on any atom is -0.481 e. The molecule has 0 bridgehead atoms. The molecule has 0 spiro atoms. The van der Waals surface area contributed by atoms with Crippen molar-refractivity contribution in [2.45, 2.75) is 57.7 Å². The van der Waals surface area contributed by atoms with Crippen molar-refractivity contribution in [1.29, 1.82) is 0 Å². The van der Waals surface area contributed by atoms with Crippen molar-refractivity contribution < 1.29 is 24.2 Å². The molecule has 12 nitrogen and oxygen atoms in total. The summed E-state index contributed by atoms with van der Waals surface area (Å²) in [6, 6.07) is 19.3. The van der Waals surface area contributed by atoms with Crippen LogP contribution in [0.5, 0.6) is 5.88 Å². The van der Waals surface area contributed by atoms with Crippen LogP contribution < -0.4 is 15.4 Å². The fraction of sp³-hybridized carbons (Fsp3) is 0.341. The van der Waals surface area contributed by atoms with Gasteiger partial charge in [-0.3, -0.25) is 9.59 Å². The fourth-order valence-electron chi connectivity index (χ4n) is 7.52. The van der Waals surface area contributed by atoms with Crippen molar-refractivity contribution >= 4 is 52.1 Å². The van der Waals surface area contributed by atoms with Gasteiger partial charge < -0.3 is 35.3 Å². The molecule has 0 saturated carbocycles. The van der Waals surface area contributed by atoms with Gasteiger partial charge in [0.25, 0.3) is 0 Å². The minimum atomic E-state index is -1.10. The number of nitrogens with one attached hydrogen (secondary N) is 3. The molecule has 55 heavy (non-hydrogen) atoms. The van der Waals surface area contributed by atoms with E-state index in [0.717, 1.165) is 66.8 Å². The molecule has 7 rings (SSSR count). The lowest BCUT2D eigenvalue weighted by molar-refractivity contribution is -0.129. The summed E-state index contributed by atoms with van der Waals surface area (Å²) in [5.41, 5.74) is 6.70. The van der Waals surface area contributed by atoms with Crippen molar-refractivity contribution in [2.75, 3.05) is 33.3 Å². The highest BCUT2D eigenvalue weighted by Gasteiger charge is 2.27. The Balaban J connectivity index is 1.07. The van der Waals surface area contributed by atoms with E-state index in [2.05, 4.69) is 21.7 Å². The molecule has 3 amide bonds. The van der Waals surface area contributed by atoms with E-state index in [1.54, 1.807) is 19.1 Å². The maximum absolute atomic E-state index is 12.1. The van der Waals surface area contributed by atoms with Crippen LogP contribution >= 0.6 is 23.2 Å². The number of ether oxygens (including phenoxy) is 1. The number of amides is 3. The van der Waals surface area contributed by atoms with E-state index in [1.807, 2.05) is 53.6 Å². The molecule has 14 heteroatoms. The van der Waals surface area contributed by atoms with Crippen molar-refractivity contribution in [3.63, 3.8) is 0 Å². The maximum Gasteiger partial charge on any atom is 0.407 e. The normalized spacial score (nSPS) is 16.0. The number of carbonyl (C=O) groups excluding carboxylic acids is 2. The van der Waals surface area contributed by atoms with Gasteiger partial charge in [0.2, 0.25) is 17.7 Å². The first kappa shape index (κ1) is 38.1. The standard InChI is InChI=1S/C41H43Cl2N7O5/c1-24(51)49-19-16-27(17-20-49)44-18-15-25-21-45-39-29(25)11-13-34(47-39)32-7-3-5-30(37(32)42)31-6-4-8-33(38(31)43)35-12-9-26(40(48-35)55-2)22-50(41(53)54)23-28-10-14-36(52)46-28/h3-9,11-13,21,27-28,44H,10,14-20,22-23H2,1-2H3,(H,45,47)(H,46,52)(H,53,54)/t28-/m0/s1. The molecule has 0 aliphatic carbocycles. The third-order valence-electron chi connectivity index (χ3n) is 10.5. The largest absolute Gasteiger partial charge is 0.481 e. The third-order valence-corrected chi connectivity index (χ3v) is 11.3. The number of rotatable bonds is 12. The van der Waals surface area contributed by atoms with Crippen molar-refractivity contribution in [3.8, 4) is 39.5 Å². The van der Waals surface area contributed by atoms with E-state index in [-0.39, 0.29) is 36.8 Å². The summed E-state index contributed by atoms with van der Waals surface area (Å²) in [5.74, 6) is 0.347. The van der Waals surface area contributed by atoms with E-state index in [9.17, 15) is 19.5 Å². The Bertz CT molecular complexity index is 2240. The van der Waals surface area contributed by atoms with Gasteiger partial charge >= 0.3 is 6.09 Å². The number of benzene rings is 2. The smallest absolute Gasteiger partial charge is 0.407 e. The number of hydrogen-bond donors (Lipinski definition) is 4. The average Bonchev–Trinajstić information content (AvgIpc) is 3.79. The van der Waals surface area contributed by atoms with E-state index >= 15 is 0 Å². The Morgan fingerprint density at radius 2 is 1.58 bits per heavy atom. The van der Waals surface area contributed by atoms with E-state index in [0.29, 0.717) is 51.3 Å². The zero-order valence-corrected chi connectivity index (χ0v) is 32.2. The van der Waals surface area contributed by atoms with Crippen LogP contribution in [0.25, 0.3) is 44.7 Å². The Morgan fingerprint density at radius 1 is 0.927 bits per heavy atom. The summed E-state index contributed by atoms with van der Waals surface area (Å²) in [6.07, 6.45) is 4.67. The molecular formula is C41H43Cl2N7O5. The first-order chi connectivity index (χ1) is 26.6. The maximum atomic E-state index is 12.1. The van der Waals surface area contributed by atoms with Crippen molar-refractivity contribution in [1.82, 2.24) is 35.4 Å². The number of nitrogens with zero attached hydrogens (tertiary/aromatic N) is 4. The van der Waals surface area contributed by atoms with Crippen LogP contribution in [0.4, 0.5) is 4.79 Å². The van der Waals surface area contributed by atoms with Gasteiger partial charge in [0.15, 0.2) is 0 Å². The predicted octanol–water partition coefficient (Wildman–Crippen LogP) is 7.18. The monoisotopic (exact) mass is 783 g/mol. The molecule has 3 aromatic heterocycles. The highest BCUT2D eigenvalue weighted by molar-refractivity contribution is 6.39. The van der Waals surface area contributed by atoms with Crippen LogP contribution in [0.2, 0.25) is 10.0 Å². The van der Waals surface area contributed by atoms with Gasteiger partial charge in [0.1, 0.15) is 5.65 Å². The third kappa shape index (κ3) is 8.41. The lowest BCUT2D eigenvalue weighted by Gasteiger charge is -2.31. The molecule has 1 atom stereocenters. The first-order valence-electron chi connectivity index (χ1n) is 18.4. The summed E-state index contributed by atoms with van der Waals surface area (Å²) in [6.45, 7) is 4.28. The van der Waals surface area contributed by atoms with Gasteiger partial charge in [-0.15, -0.1) is 0 Å². The zero-order valence-electron chi connectivity index (χ0n) is 30.7. The highest BCUT2D eigenvalue weighted by atomic mass is 35.5. The molecule has 5 heterocycles. The number of H-pyrrole nitrogens is 1. The molecule has 2 saturated heterocycles. The van der Waals surface area contributed by atoms with Crippen LogP contribution in [0.15, 0.2) is 66.9 Å². The number of methoxy groups -OCH3 is 1. The Kier molecular flexibility index (Phi) is 11.6. The van der Waals surface area contributed by atoms with Crippen molar-refractivity contribution in [2.24, 2.45) is 0 Å². The number of piperidine rings is 1. The summed E-state index contributed by atoms with van der Waals surface area (Å²) in [5, 5.41) is 18.4. The van der Waals surface area contributed by atoms with Gasteiger partial charge in [-0.25, -0.2) is 14.8 Å². The number of fused-ring (bicyclic) bond motifs is 1. The predicted molar refractivity (Wildman–Crippen MR) is 213 cm³/mol. The van der Waals surface area contributed by atoms with Gasteiger partial charge in [-0.05, 0) is 62.1 Å². The molecule has 2 aromatic carbocycles. The number of carbonyl (C=O) groups is 3. The molecule has 5 aromatic rings. The molecule has 286 valence electrons. The number of hydrogen-bond acceptors (Lipinski definition) is 7. The lowest BCUT2D eigenvalue weighted by Crippen LogP contribution is -2.44. The SMILES string of the molecule is COc1nc(-c2cccc(-c3cccc(-c4ccc5c(CCNC6CCN(C(C)=O)CC6)c[nH]c5n4)c3Cl)c2Cl)ccc1CN(C[C@@H]1CCC(=O)N1)C(=O)O. The summed E-state index contributed by atoms with van der Waals surface area (Å²) < 4.78 is 5.61. The first-order valence-corrected chi connectivity index (χ1v) is 19.2. The number of pyridine rings is 2. The average molecular weight is 785 g/mol. The number of halogens is 2. The zero-order chi connectivity index (χ0) is 38.6. The summed E-state index contributed by atoms with van der Waals surface area (Å²) in [4.78, 5) is 51.6. The summed E-state index contributed by atoms with van der Waals surface area (Å²) in [7, 11) is 1.49. The second kappa shape index (κ2) is 16.7. The quantitative estimate of drug-likeness (QED) is 0.104. The van der Waals surface area contributed by atoms with Crippen LogP contribution in [0, 0.1) is 0 Å². The number of carboxylic acid groups (broad SMARTS) is 1. The van der Waals surface area contributed by atoms with Gasteiger partial charge in [0, 0.05) is 84.5 Å². The van der Waals surface area contributed by atoms with E-state index in [1.165, 1.54) is 17.6 Å². The number of likely N-dealkylation sites (tertiary alicyclic amines) is 1. The topological polar surface area (TPSA) is 153 Å². The molecule has 0 radical (unpaired) electrons. The highest BCUT2D eigenvalue weighted by Crippen LogP contribution is 2.42. The second-order valence-electron chi connectivity index (χ2n) is 14.1. The molecule has 4 N–H and O–H groups in total. The fourth-order valence-corrected chi connectivity index (χ4v) is 8.17. The summed E-state index contributed by atoms with van der Waals surface area (Å²) >= 11 is 14.2. The van der Waals surface area contributed by atoms with Gasteiger partial charge in [0.05, 0.1) is 35.1 Å².